The summed E-state index contributed by atoms with van der Waals surface area (Å²) in [5, 5.41) is 4.00. The molecule has 0 saturated carbocycles. The predicted octanol–water partition coefficient (Wildman–Crippen LogP) is 1.51. The second-order valence-electron chi connectivity index (χ2n) is 7.85. The van der Waals surface area contributed by atoms with Crippen LogP contribution in [0.4, 0.5) is 11.5 Å². The van der Waals surface area contributed by atoms with E-state index in [1.807, 2.05) is 30.3 Å². The van der Waals surface area contributed by atoms with Gasteiger partial charge in [0.1, 0.15) is 5.82 Å². The zero-order chi connectivity index (χ0) is 24.2. The molecule has 3 N–H and O–H groups in total. The van der Waals surface area contributed by atoms with Crippen molar-refractivity contribution in [1.29, 1.82) is 0 Å². The van der Waals surface area contributed by atoms with Crippen molar-refractivity contribution in [1.82, 2.24) is 19.6 Å². The second-order valence-corrected chi connectivity index (χ2v) is 7.85. The third kappa shape index (κ3) is 4.84. The average Bonchev–Trinajstić information content (AvgIpc) is 3.49. The maximum absolute atomic E-state index is 12.9. The SMILES string of the molecule is CN(CC(=O)N(C)c1c(N)n(Cc2ccccc2)c(=O)[nH]c1=O)Cc1cc(-c2ccco2)on1. The summed E-state index contributed by atoms with van der Waals surface area (Å²) in [6, 6.07) is 14.4. The summed E-state index contributed by atoms with van der Waals surface area (Å²) < 4.78 is 11.8. The lowest BCUT2D eigenvalue weighted by Crippen LogP contribution is -2.42. The van der Waals surface area contributed by atoms with Crippen LogP contribution < -0.4 is 21.9 Å². The van der Waals surface area contributed by atoms with Gasteiger partial charge in [0.25, 0.3) is 5.56 Å². The second kappa shape index (κ2) is 9.63. The molecule has 4 aromatic rings. The molecule has 0 aliphatic carbocycles. The van der Waals surface area contributed by atoms with Crippen molar-refractivity contribution in [3.05, 3.63) is 86.9 Å². The number of anilines is 2. The molecule has 0 fully saturated rings. The number of hydrogen-bond donors (Lipinski definition) is 2. The summed E-state index contributed by atoms with van der Waals surface area (Å²) in [5.74, 6) is 0.560. The largest absolute Gasteiger partial charge is 0.461 e. The Labute approximate surface area is 194 Å². The van der Waals surface area contributed by atoms with Gasteiger partial charge in [0.05, 0.1) is 25.0 Å². The molecule has 3 aromatic heterocycles. The van der Waals surface area contributed by atoms with Crippen molar-refractivity contribution < 1.29 is 13.7 Å². The minimum Gasteiger partial charge on any atom is -0.461 e. The van der Waals surface area contributed by atoms with Crippen molar-refractivity contribution in [3.8, 4) is 11.5 Å². The number of likely N-dealkylation sites (N-methyl/N-ethyl adjacent to an activating group) is 2. The molecule has 0 spiro atoms. The Bertz CT molecular complexity index is 1390. The number of benzene rings is 1. The molecular weight excluding hydrogens is 440 g/mol. The van der Waals surface area contributed by atoms with Crippen LogP contribution in [0.25, 0.3) is 11.5 Å². The molecule has 0 aliphatic heterocycles. The third-order valence-corrected chi connectivity index (χ3v) is 5.27. The first-order chi connectivity index (χ1) is 16.3. The van der Waals surface area contributed by atoms with E-state index in [1.165, 1.54) is 17.9 Å². The molecule has 0 atom stereocenters. The van der Waals surface area contributed by atoms with Crippen LogP contribution in [0.1, 0.15) is 11.3 Å². The smallest absolute Gasteiger partial charge is 0.330 e. The van der Waals surface area contributed by atoms with E-state index in [4.69, 9.17) is 14.7 Å². The highest BCUT2D eigenvalue weighted by atomic mass is 16.5. The number of aromatic amines is 1. The number of rotatable bonds is 8. The lowest BCUT2D eigenvalue weighted by atomic mass is 10.2. The number of aromatic nitrogens is 3. The van der Waals surface area contributed by atoms with Crippen LogP contribution >= 0.6 is 0 Å². The highest BCUT2D eigenvalue weighted by Crippen LogP contribution is 2.21. The monoisotopic (exact) mass is 464 g/mol. The predicted molar refractivity (Wildman–Crippen MR) is 125 cm³/mol. The summed E-state index contributed by atoms with van der Waals surface area (Å²) in [6.07, 6.45) is 1.54. The standard InChI is InChI=1S/C23H24N6O5/c1-27(13-16-11-18(34-26-16)17-9-6-10-33-17)14-19(30)28(2)20-21(24)29(23(32)25-22(20)31)12-15-7-4-3-5-8-15/h3-11H,12-14,24H2,1-2H3,(H,25,31,32). The molecule has 0 radical (unpaired) electrons. The summed E-state index contributed by atoms with van der Waals surface area (Å²) >= 11 is 0. The van der Waals surface area contributed by atoms with E-state index in [2.05, 4.69) is 10.1 Å². The maximum atomic E-state index is 12.9. The maximum Gasteiger partial charge on any atom is 0.330 e. The topological polar surface area (TPSA) is 144 Å². The van der Waals surface area contributed by atoms with E-state index in [0.29, 0.717) is 23.8 Å². The number of hydrogen-bond acceptors (Lipinski definition) is 8. The van der Waals surface area contributed by atoms with Gasteiger partial charge >= 0.3 is 5.69 Å². The molecule has 0 aliphatic rings. The van der Waals surface area contributed by atoms with Crippen molar-refractivity contribution in [2.45, 2.75) is 13.1 Å². The first kappa shape index (κ1) is 22.8. The van der Waals surface area contributed by atoms with E-state index >= 15 is 0 Å². The van der Waals surface area contributed by atoms with Gasteiger partial charge in [0.15, 0.2) is 11.4 Å². The summed E-state index contributed by atoms with van der Waals surface area (Å²) in [7, 11) is 3.18. The Balaban J connectivity index is 1.48. The first-order valence-electron chi connectivity index (χ1n) is 10.4. The number of nitrogens with two attached hydrogens (primary N) is 1. The number of nitrogen functional groups attached to an aromatic ring is 1. The Hall–Kier alpha value is -4.38. The van der Waals surface area contributed by atoms with E-state index in [9.17, 15) is 14.4 Å². The van der Waals surface area contributed by atoms with Gasteiger partial charge in [-0.15, -0.1) is 0 Å². The minimum atomic E-state index is -0.732. The fourth-order valence-electron chi connectivity index (χ4n) is 3.54. The molecule has 0 unspecified atom stereocenters. The molecule has 3 heterocycles. The number of carbonyl (C=O) groups excluding carboxylic acids is 1. The van der Waals surface area contributed by atoms with Crippen molar-refractivity contribution in [2.24, 2.45) is 0 Å². The number of H-pyrrole nitrogens is 1. The van der Waals surface area contributed by atoms with Crippen LogP contribution in [0.15, 0.2) is 73.3 Å². The molecule has 176 valence electrons. The van der Waals surface area contributed by atoms with Gasteiger partial charge in [-0.25, -0.2) is 4.79 Å². The Morgan fingerprint density at radius 1 is 1.12 bits per heavy atom. The number of nitrogens with one attached hydrogen (secondary N) is 1. The molecule has 0 bridgehead atoms. The van der Waals surface area contributed by atoms with E-state index in [-0.39, 0.29) is 30.5 Å². The molecule has 11 nitrogen and oxygen atoms in total. The summed E-state index contributed by atoms with van der Waals surface area (Å²) in [5.41, 5.74) is 6.15. The van der Waals surface area contributed by atoms with Crippen molar-refractivity contribution in [3.63, 3.8) is 0 Å². The van der Waals surface area contributed by atoms with E-state index in [0.717, 1.165) is 10.5 Å². The highest BCUT2D eigenvalue weighted by Gasteiger charge is 2.22. The first-order valence-corrected chi connectivity index (χ1v) is 10.4. The van der Waals surface area contributed by atoms with Crippen LogP contribution in [-0.2, 0) is 17.9 Å². The molecule has 0 saturated heterocycles. The molecule has 11 heteroatoms. The molecule has 1 amide bonds. The van der Waals surface area contributed by atoms with Gasteiger partial charge in [-0.3, -0.25) is 24.0 Å². The van der Waals surface area contributed by atoms with Gasteiger partial charge in [0.2, 0.25) is 11.7 Å². The molecule has 34 heavy (non-hydrogen) atoms. The fraction of sp³-hybridized carbons (Fsp3) is 0.217. The third-order valence-electron chi connectivity index (χ3n) is 5.27. The molecule has 4 rings (SSSR count). The molecule has 1 aromatic carbocycles. The quantitative estimate of drug-likeness (QED) is 0.399. The highest BCUT2D eigenvalue weighted by molar-refractivity contribution is 5.96. The van der Waals surface area contributed by atoms with Crippen molar-refractivity contribution in [2.75, 3.05) is 31.3 Å². The van der Waals surface area contributed by atoms with Gasteiger partial charge in [-0.1, -0.05) is 35.5 Å². The number of nitrogens with zero attached hydrogens (tertiary/aromatic N) is 4. The molecular formula is C23H24N6O5. The Kier molecular flexibility index (Phi) is 6.46. The summed E-state index contributed by atoms with van der Waals surface area (Å²) in [6.45, 7) is 0.445. The lowest BCUT2D eigenvalue weighted by molar-refractivity contribution is -0.119. The number of amides is 1. The Morgan fingerprint density at radius 3 is 2.59 bits per heavy atom. The average molecular weight is 464 g/mol. The van der Waals surface area contributed by atoms with Crippen LogP contribution in [-0.4, -0.2) is 46.2 Å². The van der Waals surface area contributed by atoms with Gasteiger partial charge in [-0.05, 0) is 24.7 Å². The van der Waals surface area contributed by atoms with Crippen molar-refractivity contribution >= 4 is 17.4 Å². The fourth-order valence-corrected chi connectivity index (χ4v) is 3.54. The van der Waals surface area contributed by atoms with Crippen LogP contribution in [0.5, 0.6) is 0 Å². The summed E-state index contributed by atoms with van der Waals surface area (Å²) in [4.78, 5) is 42.9. The number of furan rings is 1. The van der Waals surface area contributed by atoms with Crippen LogP contribution in [0.2, 0.25) is 0 Å². The van der Waals surface area contributed by atoms with Gasteiger partial charge < -0.3 is 19.6 Å². The minimum absolute atomic E-state index is 0.0316. The van der Waals surface area contributed by atoms with Gasteiger partial charge in [-0.2, -0.15) is 0 Å². The van der Waals surface area contributed by atoms with E-state index < -0.39 is 11.2 Å². The zero-order valence-corrected chi connectivity index (χ0v) is 18.7. The van der Waals surface area contributed by atoms with E-state index in [1.54, 1.807) is 30.1 Å². The van der Waals surface area contributed by atoms with Crippen LogP contribution in [0.3, 0.4) is 0 Å². The zero-order valence-electron chi connectivity index (χ0n) is 18.7. The Morgan fingerprint density at radius 2 is 1.88 bits per heavy atom. The number of carbonyl (C=O) groups is 1. The van der Waals surface area contributed by atoms with Crippen LogP contribution in [0, 0.1) is 0 Å². The normalized spacial score (nSPS) is 11.1. The van der Waals surface area contributed by atoms with Gasteiger partial charge in [0, 0.05) is 19.7 Å². The lowest BCUT2D eigenvalue weighted by Gasteiger charge is -2.23.